The van der Waals surface area contributed by atoms with E-state index < -0.39 is 0 Å². The molecule has 0 radical (unpaired) electrons. The van der Waals surface area contributed by atoms with Crippen LogP contribution < -0.4 is 0 Å². The number of ether oxygens (including phenoxy) is 1. The zero-order chi connectivity index (χ0) is 10.8. The second kappa shape index (κ2) is 3.87. The highest BCUT2D eigenvalue weighted by Crippen LogP contribution is 2.18. The number of carbonyl (C=O) groups is 1. The number of methoxy groups -OCH3 is 1. The number of carbonyl (C=O) groups excluding carboxylic acids is 1. The van der Waals surface area contributed by atoms with Gasteiger partial charge in [0.25, 0.3) is 0 Å². The minimum absolute atomic E-state index is 0.389. The summed E-state index contributed by atoms with van der Waals surface area (Å²) in [4.78, 5) is 15.4. The van der Waals surface area contributed by atoms with E-state index in [-0.39, 0.29) is 5.97 Å². The smallest absolute Gasteiger partial charge is 0.339 e. The van der Waals surface area contributed by atoms with Crippen LogP contribution in [0, 0.1) is 0 Å². The Balaban J connectivity index is 2.57. The van der Waals surface area contributed by atoms with E-state index in [1.807, 2.05) is 6.07 Å². The molecule has 0 unspecified atom stereocenters. The lowest BCUT2D eigenvalue weighted by atomic mass is 10.1. The number of nitrogens with zero attached hydrogens (tertiary/aromatic N) is 1. The molecule has 0 N–H and O–H groups in total. The van der Waals surface area contributed by atoms with E-state index >= 15 is 0 Å². The minimum Gasteiger partial charge on any atom is -0.465 e. The van der Waals surface area contributed by atoms with Gasteiger partial charge >= 0.3 is 5.97 Å². The number of aromatic nitrogens is 1. The maximum absolute atomic E-state index is 11.2. The number of fused-ring (bicyclic) bond motifs is 1. The Labute approximate surface area is 91.6 Å². The van der Waals surface area contributed by atoms with Crippen molar-refractivity contribution in [3.63, 3.8) is 0 Å². The largest absolute Gasteiger partial charge is 0.465 e. The van der Waals surface area contributed by atoms with Gasteiger partial charge in [-0.25, -0.2) is 4.79 Å². The Bertz CT molecular complexity index is 525. The van der Waals surface area contributed by atoms with Crippen LogP contribution >= 0.6 is 11.6 Å². The minimum atomic E-state index is -0.389. The number of hydrogen-bond acceptors (Lipinski definition) is 3. The number of hydrogen-bond donors (Lipinski definition) is 0. The van der Waals surface area contributed by atoms with E-state index in [9.17, 15) is 4.79 Å². The molecule has 0 aliphatic heterocycles. The second-order valence-corrected chi connectivity index (χ2v) is 3.49. The lowest BCUT2D eigenvalue weighted by Gasteiger charge is -2.01. The van der Waals surface area contributed by atoms with Gasteiger partial charge in [0.05, 0.1) is 18.2 Å². The molecule has 0 spiro atoms. The first-order valence-corrected chi connectivity index (χ1v) is 4.72. The Morgan fingerprint density at radius 1 is 1.40 bits per heavy atom. The molecule has 2 rings (SSSR count). The molecule has 1 heterocycles. The third kappa shape index (κ3) is 1.92. The van der Waals surface area contributed by atoms with Crippen molar-refractivity contribution in [2.24, 2.45) is 0 Å². The molecule has 0 aliphatic rings. The van der Waals surface area contributed by atoms with Crippen LogP contribution in [0.1, 0.15) is 10.4 Å². The van der Waals surface area contributed by atoms with Crippen LogP contribution in [0.3, 0.4) is 0 Å². The molecule has 76 valence electrons. The van der Waals surface area contributed by atoms with Gasteiger partial charge in [-0.1, -0.05) is 17.7 Å². The first-order valence-electron chi connectivity index (χ1n) is 4.34. The molecule has 0 amide bonds. The molecule has 3 nitrogen and oxygen atoms in total. The number of benzene rings is 1. The first kappa shape index (κ1) is 9.93. The Kier molecular flexibility index (Phi) is 2.56. The van der Waals surface area contributed by atoms with Gasteiger partial charge < -0.3 is 4.74 Å². The van der Waals surface area contributed by atoms with Gasteiger partial charge in [0, 0.05) is 16.6 Å². The third-order valence-electron chi connectivity index (χ3n) is 2.07. The van der Waals surface area contributed by atoms with E-state index in [0.29, 0.717) is 10.6 Å². The fourth-order valence-corrected chi connectivity index (χ4v) is 1.49. The zero-order valence-corrected chi connectivity index (χ0v) is 8.78. The van der Waals surface area contributed by atoms with Crippen LogP contribution in [0.5, 0.6) is 0 Å². The van der Waals surface area contributed by atoms with Gasteiger partial charge in [-0.2, -0.15) is 0 Å². The third-order valence-corrected chi connectivity index (χ3v) is 2.30. The Hall–Kier alpha value is -1.61. The average Bonchev–Trinajstić information content (AvgIpc) is 2.27. The van der Waals surface area contributed by atoms with Gasteiger partial charge in [0.1, 0.15) is 0 Å². The lowest BCUT2D eigenvalue weighted by Crippen LogP contribution is -2.01. The number of halogens is 1. The topological polar surface area (TPSA) is 39.2 Å². The Morgan fingerprint density at radius 2 is 2.20 bits per heavy atom. The maximum atomic E-state index is 11.2. The van der Waals surface area contributed by atoms with Crippen LogP contribution in [0.4, 0.5) is 0 Å². The summed E-state index contributed by atoms with van der Waals surface area (Å²) in [5.41, 5.74) is 1.20. The summed E-state index contributed by atoms with van der Waals surface area (Å²) in [6.45, 7) is 0. The quantitative estimate of drug-likeness (QED) is 0.695. The highest BCUT2D eigenvalue weighted by atomic mass is 35.5. The lowest BCUT2D eigenvalue weighted by molar-refractivity contribution is 0.0600. The normalized spacial score (nSPS) is 10.3. The number of esters is 1. The van der Waals surface area contributed by atoms with Crippen LogP contribution in [0.2, 0.25) is 5.02 Å². The van der Waals surface area contributed by atoms with Crippen LogP contribution in [0.25, 0.3) is 10.9 Å². The number of pyridine rings is 1. The van der Waals surface area contributed by atoms with E-state index in [0.717, 1.165) is 10.9 Å². The summed E-state index contributed by atoms with van der Waals surface area (Å²) >= 11 is 5.82. The molecular formula is C11H8ClNO2. The fourth-order valence-electron chi connectivity index (χ4n) is 1.32. The van der Waals surface area contributed by atoms with Crippen molar-refractivity contribution in [2.75, 3.05) is 7.11 Å². The van der Waals surface area contributed by atoms with Crippen LogP contribution in [-0.2, 0) is 4.74 Å². The molecule has 0 saturated heterocycles. The van der Waals surface area contributed by atoms with Crippen molar-refractivity contribution in [2.45, 2.75) is 0 Å². The van der Waals surface area contributed by atoms with E-state index in [1.54, 1.807) is 18.2 Å². The Morgan fingerprint density at radius 3 is 2.93 bits per heavy atom. The second-order valence-electron chi connectivity index (χ2n) is 3.05. The molecule has 0 fully saturated rings. The molecule has 4 heteroatoms. The summed E-state index contributed by atoms with van der Waals surface area (Å²) in [7, 11) is 1.34. The van der Waals surface area contributed by atoms with Crippen molar-refractivity contribution < 1.29 is 9.53 Å². The molecule has 15 heavy (non-hydrogen) atoms. The molecule has 0 bridgehead atoms. The van der Waals surface area contributed by atoms with E-state index in [1.165, 1.54) is 13.3 Å². The highest BCUT2D eigenvalue weighted by molar-refractivity contribution is 6.31. The van der Waals surface area contributed by atoms with Crippen LogP contribution in [-0.4, -0.2) is 18.1 Å². The fraction of sp³-hybridized carbons (Fsp3) is 0.0909. The summed E-state index contributed by atoms with van der Waals surface area (Å²) in [5.74, 6) is -0.389. The van der Waals surface area contributed by atoms with Crippen molar-refractivity contribution in [3.05, 3.63) is 41.0 Å². The monoisotopic (exact) mass is 221 g/mol. The molecular weight excluding hydrogens is 214 g/mol. The van der Waals surface area contributed by atoms with E-state index in [4.69, 9.17) is 11.6 Å². The van der Waals surface area contributed by atoms with Crippen molar-refractivity contribution >= 4 is 28.5 Å². The van der Waals surface area contributed by atoms with E-state index in [2.05, 4.69) is 9.72 Å². The maximum Gasteiger partial charge on any atom is 0.339 e. The summed E-state index contributed by atoms with van der Waals surface area (Å²) < 4.78 is 4.60. The molecule has 1 aromatic heterocycles. The molecule has 0 atom stereocenters. The summed E-state index contributed by atoms with van der Waals surface area (Å²) in [5, 5.41) is 1.49. The van der Waals surface area contributed by atoms with Gasteiger partial charge in [-0.3, -0.25) is 4.98 Å². The van der Waals surface area contributed by atoms with Gasteiger partial charge in [-0.05, 0) is 18.2 Å². The van der Waals surface area contributed by atoms with Gasteiger partial charge in [0.15, 0.2) is 0 Å². The molecule has 1 aromatic carbocycles. The van der Waals surface area contributed by atoms with Crippen LogP contribution in [0.15, 0.2) is 30.5 Å². The standard InChI is InChI=1S/C11H8ClNO2/c1-15-11(14)8-4-7-2-3-9(12)5-10(7)13-6-8/h2-6H,1H3. The van der Waals surface area contributed by atoms with Crippen molar-refractivity contribution in [1.29, 1.82) is 0 Å². The average molecular weight is 222 g/mol. The first-order chi connectivity index (χ1) is 7.20. The predicted molar refractivity (Wildman–Crippen MR) is 58.1 cm³/mol. The highest BCUT2D eigenvalue weighted by Gasteiger charge is 2.06. The molecule has 0 saturated carbocycles. The molecule has 2 aromatic rings. The molecule has 0 aliphatic carbocycles. The summed E-state index contributed by atoms with van der Waals surface area (Å²) in [6.07, 6.45) is 1.48. The summed E-state index contributed by atoms with van der Waals surface area (Å²) in [6, 6.07) is 7.05. The van der Waals surface area contributed by atoms with Gasteiger partial charge in [-0.15, -0.1) is 0 Å². The zero-order valence-electron chi connectivity index (χ0n) is 8.03. The van der Waals surface area contributed by atoms with Crippen molar-refractivity contribution in [1.82, 2.24) is 4.98 Å². The van der Waals surface area contributed by atoms with Gasteiger partial charge in [0.2, 0.25) is 0 Å². The predicted octanol–water partition coefficient (Wildman–Crippen LogP) is 2.67. The van der Waals surface area contributed by atoms with Crippen molar-refractivity contribution in [3.8, 4) is 0 Å². The number of rotatable bonds is 1. The SMILES string of the molecule is COC(=O)c1cnc2cc(Cl)ccc2c1.